The molecule has 5 aromatic carbocycles. The van der Waals surface area contributed by atoms with Crippen LogP contribution in [0.1, 0.15) is 5.56 Å². The van der Waals surface area contributed by atoms with Gasteiger partial charge in [-0.25, -0.2) is 0 Å². The van der Waals surface area contributed by atoms with Gasteiger partial charge in [-0.3, -0.25) is 0 Å². The van der Waals surface area contributed by atoms with E-state index in [2.05, 4.69) is 55.5 Å². The summed E-state index contributed by atoms with van der Waals surface area (Å²) in [5.41, 5.74) is 4.44. The molecule has 172 valence electrons. The third-order valence-corrected chi connectivity index (χ3v) is 7.00. The van der Waals surface area contributed by atoms with E-state index in [0.717, 1.165) is 76.7 Å². The van der Waals surface area contributed by atoms with Crippen molar-refractivity contribution in [3.05, 3.63) is 66.2 Å². The lowest BCUT2D eigenvalue weighted by Gasteiger charge is -2.09. The maximum atomic E-state index is 6.33. The molecule has 0 fully saturated rings. The molecule has 0 aliphatic heterocycles. The Labute approximate surface area is 200 Å². The number of furan rings is 2. The molecule has 0 saturated heterocycles. The van der Waals surface area contributed by atoms with Crippen molar-refractivity contribution in [3.63, 3.8) is 0 Å². The number of fused-ring (bicyclic) bond motifs is 8. The third kappa shape index (κ3) is 2.81. The molecule has 7 aromatic rings. The van der Waals surface area contributed by atoms with Crippen LogP contribution in [0.4, 0.5) is 0 Å². The Morgan fingerprint density at radius 2 is 0.800 bits per heavy atom. The second-order valence-electron chi connectivity index (χ2n) is 8.97. The molecule has 0 atom stereocenters. The standard InChI is InChI=1S/C30H22O5/c1-15-5-16-9-25-20(6-17(16)8-24(15)31-2)22-13-28-23(14-27(22)34-25)21-7-18-11-29(32-3)30(33-4)12-19(18)10-26(21)35-28/h5-14H,1-4H3. The van der Waals surface area contributed by atoms with E-state index < -0.39 is 0 Å². The predicted octanol–water partition coefficient (Wildman–Crippen LogP) is 8.13. The first-order valence-corrected chi connectivity index (χ1v) is 11.4. The molecule has 7 rings (SSSR count). The summed E-state index contributed by atoms with van der Waals surface area (Å²) in [4.78, 5) is 0. The molecule has 0 saturated carbocycles. The van der Waals surface area contributed by atoms with E-state index in [1.165, 1.54) is 0 Å². The molecule has 0 radical (unpaired) electrons. The maximum Gasteiger partial charge on any atom is 0.161 e. The number of aryl methyl sites for hydroxylation is 1. The second kappa shape index (κ2) is 7.06. The maximum absolute atomic E-state index is 6.33. The Bertz CT molecular complexity index is 1970. The Kier molecular flexibility index (Phi) is 4.04. The van der Waals surface area contributed by atoms with E-state index in [-0.39, 0.29) is 0 Å². The highest BCUT2D eigenvalue weighted by Gasteiger charge is 2.16. The third-order valence-electron chi connectivity index (χ3n) is 7.00. The van der Waals surface area contributed by atoms with Crippen LogP contribution in [-0.4, -0.2) is 21.3 Å². The van der Waals surface area contributed by atoms with Crippen molar-refractivity contribution < 1.29 is 23.0 Å². The van der Waals surface area contributed by atoms with Gasteiger partial charge in [0.1, 0.15) is 28.1 Å². The Morgan fingerprint density at radius 1 is 0.429 bits per heavy atom. The Hall–Kier alpha value is -4.38. The van der Waals surface area contributed by atoms with Crippen molar-refractivity contribution in [2.45, 2.75) is 6.92 Å². The van der Waals surface area contributed by atoms with Gasteiger partial charge in [0.2, 0.25) is 0 Å². The van der Waals surface area contributed by atoms with Gasteiger partial charge in [0, 0.05) is 21.5 Å². The van der Waals surface area contributed by atoms with E-state index in [4.69, 9.17) is 23.0 Å². The van der Waals surface area contributed by atoms with Crippen molar-refractivity contribution in [1.29, 1.82) is 0 Å². The molecule has 5 nitrogen and oxygen atoms in total. The van der Waals surface area contributed by atoms with Crippen molar-refractivity contribution in [1.82, 2.24) is 0 Å². The van der Waals surface area contributed by atoms with Gasteiger partial charge in [-0.05, 0) is 94.7 Å². The molecule has 2 heterocycles. The van der Waals surface area contributed by atoms with Crippen LogP contribution in [0.15, 0.2) is 69.5 Å². The summed E-state index contributed by atoms with van der Waals surface area (Å²) in [5, 5.41) is 8.46. The lowest BCUT2D eigenvalue weighted by molar-refractivity contribution is 0.356. The lowest BCUT2D eigenvalue weighted by Crippen LogP contribution is -1.90. The fourth-order valence-corrected chi connectivity index (χ4v) is 5.22. The fourth-order valence-electron chi connectivity index (χ4n) is 5.22. The van der Waals surface area contributed by atoms with Crippen LogP contribution in [0.5, 0.6) is 17.2 Å². The number of hydrogen-bond acceptors (Lipinski definition) is 5. The van der Waals surface area contributed by atoms with Crippen molar-refractivity contribution >= 4 is 65.4 Å². The summed E-state index contributed by atoms with van der Waals surface area (Å²) >= 11 is 0. The zero-order valence-corrected chi connectivity index (χ0v) is 19.8. The van der Waals surface area contributed by atoms with Gasteiger partial charge in [-0.15, -0.1) is 0 Å². The summed E-state index contributed by atoms with van der Waals surface area (Å²) in [6.45, 7) is 2.05. The summed E-state index contributed by atoms with van der Waals surface area (Å²) in [6, 6.07) is 20.8. The zero-order valence-electron chi connectivity index (χ0n) is 19.8. The summed E-state index contributed by atoms with van der Waals surface area (Å²) in [7, 11) is 4.99. The molecule has 0 bridgehead atoms. The quantitative estimate of drug-likeness (QED) is 0.265. The Morgan fingerprint density at radius 3 is 1.29 bits per heavy atom. The first-order valence-electron chi connectivity index (χ1n) is 11.4. The normalized spacial score (nSPS) is 12.0. The first-order chi connectivity index (χ1) is 17.1. The number of ether oxygens (including phenoxy) is 3. The van der Waals surface area contributed by atoms with Gasteiger partial charge >= 0.3 is 0 Å². The lowest BCUT2D eigenvalue weighted by atomic mass is 10.0. The van der Waals surface area contributed by atoms with Crippen molar-refractivity contribution in [3.8, 4) is 17.2 Å². The van der Waals surface area contributed by atoms with Crippen LogP contribution in [0.3, 0.4) is 0 Å². The minimum absolute atomic E-state index is 0.693. The zero-order chi connectivity index (χ0) is 23.8. The van der Waals surface area contributed by atoms with Gasteiger partial charge in [0.25, 0.3) is 0 Å². The van der Waals surface area contributed by atoms with Crippen LogP contribution < -0.4 is 14.2 Å². The van der Waals surface area contributed by atoms with Gasteiger partial charge < -0.3 is 23.0 Å². The molecule has 35 heavy (non-hydrogen) atoms. The van der Waals surface area contributed by atoms with E-state index in [1.54, 1.807) is 21.3 Å². The average Bonchev–Trinajstić information content (AvgIpc) is 3.39. The number of rotatable bonds is 3. The largest absolute Gasteiger partial charge is 0.496 e. The van der Waals surface area contributed by atoms with Crippen LogP contribution in [-0.2, 0) is 0 Å². The number of hydrogen-bond donors (Lipinski definition) is 0. The molecule has 0 aliphatic rings. The highest BCUT2D eigenvalue weighted by molar-refractivity contribution is 6.18. The van der Waals surface area contributed by atoms with E-state index in [1.807, 2.05) is 12.1 Å². The molecular formula is C30H22O5. The van der Waals surface area contributed by atoms with Gasteiger partial charge in [0.15, 0.2) is 11.5 Å². The van der Waals surface area contributed by atoms with Crippen LogP contribution in [0.25, 0.3) is 65.4 Å². The molecular weight excluding hydrogens is 440 g/mol. The Balaban J connectivity index is 1.51. The average molecular weight is 463 g/mol. The van der Waals surface area contributed by atoms with E-state index >= 15 is 0 Å². The summed E-state index contributed by atoms with van der Waals surface area (Å²) in [5.74, 6) is 2.27. The number of methoxy groups -OCH3 is 3. The topological polar surface area (TPSA) is 54.0 Å². The minimum atomic E-state index is 0.693. The fraction of sp³-hybridized carbons (Fsp3) is 0.133. The highest BCUT2D eigenvalue weighted by atomic mass is 16.5. The van der Waals surface area contributed by atoms with Crippen LogP contribution in [0.2, 0.25) is 0 Å². The van der Waals surface area contributed by atoms with Crippen LogP contribution in [0, 0.1) is 6.92 Å². The molecule has 0 N–H and O–H groups in total. The molecule has 5 heteroatoms. The second-order valence-corrected chi connectivity index (χ2v) is 8.97. The summed E-state index contributed by atoms with van der Waals surface area (Å²) in [6.07, 6.45) is 0. The van der Waals surface area contributed by atoms with Crippen molar-refractivity contribution in [2.24, 2.45) is 0 Å². The van der Waals surface area contributed by atoms with Gasteiger partial charge in [-0.2, -0.15) is 0 Å². The highest BCUT2D eigenvalue weighted by Crippen LogP contribution is 2.41. The van der Waals surface area contributed by atoms with Gasteiger partial charge in [0.05, 0.1) is 21.3 Å². The van der Waals surface area contributed by atoms with Gasteiger partial charge in [-0.1, -0.05) is 0 Å². The smallest absolute Gasteiger partial charge is 0.161 e. The first kappa shape index (κ1) is 20.0. The van der Waals surface area contributed by atoms with E-state index in [9.17, 15) is 0 Å². The number of benzene rings is 5. The molecule has 0 unspecified atom stereocenters. The summed E-state index contributed by atoms with van der Waals surface area (Å²) < 4.78 is 29.2. The van der Waals surface area contributed by atoms with Crippen LogP contribution >= 0.6 is 0 Å². The predicted molar refractivity (Wildman–Crippen MR) is 140 cm³/mol. The van der Waals surface area contributed by atoms with Crippen molar-refractivity contribution in [2.75, 3.05) is 21.3 Å². The molecule has 2 aromatic heterocycles. The molecule has 0 aliphatic carbocycles. The monoisotopic (exact) mass is 462 g/mol. The molecule has 0 spiro atoms. The SMILES string of the molecule is COc1cc2cc3c(cc2cc1C)oc1cc2c(cc13)oc1cc3cc(OC)c(OC)cc3cc12. The molecule has 0 amide bonds. The van der Waals surface area contributed by atoms with E-state index in [0.29, 0.717) is 11.5 Å². The minimum Gasteiger partial charge on any atom is -0.496 e.